The largest absolute Gasteiger partial charge is 0.342 e. The number of piperidine rings is 1. The Kier molecular flexibility index (Phi) is 4.81. The molecule has 0 unspecified atom stereocenters. The number of aryl methyl sites for hydroxylation is 1. The zero-order chi connectivity index (χ0) is 14.8. The second-order valence-corrected chi connectivity index (χ2v) is 7.50. The van der Waals surface area contributed by atoms with Gasteiger partial charge in [0.2, 0.25) is 5.91 Å². The van der Waals surface area contributed by atoms with Gasteiger partial charge in [-0.3, -0.25) is 4.79 Å². The summed E-state index contributed by atoms with van der Waals surface area (Å²) in [4.78, 5) is 19.8. The zero-order valence-electron chi connectivity index (χ0n) is 12.9. The van der Waals surface area contributed by atoms with Crippen molar-refractivity contribution in [2.24, 2.45) is 5.41 Å². The lowest BCUT2D eigenvalue weighted by Gasteiger charge is -2.36. The van der Waals surface area contributed by atoms with E-state index in [1.807, 2.05) is 31.2 Å². The van der Waals surface area contributed by atoms with Crippen LogP contribution in [0.15, 0.2) is 5.51 Å². The molecule has 0 bridgehead atoms. The van der Waals surface area contributed by atoms with Gasteiger partial charge < -0.3 is 10.2 Å². The molecule has 0 aliphatic carbocycles. The van der Waals surface area contributed by atoms with E-state index in [9.17, 15) is 4.79 Å². The Labute approximate surface area is 125 Å². The fourth-order valence-electron chi connectivity index (χ4n) is 2.49. The lowest BCUT2D eigenvalue weighted by atomic mass is 9.93. The minimum Gasteiger partial charge on any atom is -0.342 e. The Balaban J connectivity index is 1.77. The summed E-state index contributed by atoms with van der Waals surface area (Å²) in [6.07, 6.45) is 2.08. The molecule has 20 heavy (non-hydrogen) atoms. The molecule has 1 aromatic rings. The first-order chi connectivity index (χ1) is 9.38. The maximum Gasteiger partial charge on any atom is 0.227 e. The Hall–Kier alpha value is -0.940. The number of carbonyl (C=O) groups is 1. The van der Waals surface area contributed by atoms with Gasteiger partial charge in [0.1, 0.15) is 0 Å². The highest BCUT2D eigenvalue weighted by Gasteiger charge is 2.30. The summed E-state index contributed by atoms with van der Waals surface area (Å²) in [5.41, 5.74) is 2.76. The Morgan fingerprint density at radius 1 is 1.45 bits per heavy atom. The van der Waals surface area contributed by atoms with Crippen molar-refractivity contribution in [3.63, 3.8) is 0 Å². The van der Waals surface area contributed by atoms with Crippen LogP contribution in [0.1, 0.15) is 44.2 Å². The van der Waals surface area contributed by atoms with Gasteiger partial charge in [0.15, 0.2) is 0 Å². The lowest BCUT2D eigenvalue weighted by molar-refractivity contribution is -0.140. The lowest BCUT2D eigenvalue weighted by Crippen LogP contribution is -2.48. The van der Waals surface area contributed by atoms with Gasteiger partial charge in [0.25, 0.3) is 0 Å². The van der Waals surface area contributed by atoms with Crippen molar-refractivity contribution in [1.29, 1.82) is 0 Å². The maximum absolute atomic E-state index is 12.2. The summed E-state index contributed by atoms with van der Waals surface area (Å²) in [7, 11) is 0. The number of nitrogens with one attached hydrogen (secondary N) is 1. The summed E-state index contributed by atoms with van der Waals surface area (Å²) in [6, 6.07) is 0.514. The van der Waals surface area contributed by atoms with Crippen molar-refractivity contribution in [1.82, 2.24) is 15.2 Å². The van der Waals surface area contributed by atoms with Crippen molar-refractivity contribution in [2.45, 2.75) is 53.1 Å². The molecule has 4 nitrogen and oxygen atoms in total. The number of amides is 1. The number of hydrogen-bond acceptors (Lipinski definition) is 4. The van der Waals surface area contributed by atoms with E-state index in [-0.39, 0.29) is 11.3 Å². The molecule has 0 atom stereocenters. The van der Waals surface area contributed by atoms with Gasteiger partial charge in [-0.1, -0.05) is 20.8 Å². The van der Waals surface area contributed by atoms with Crippen LogP contribution >= 0.6 is 11.3 Å². The molecule has 1 aliphatic heterocycles. The molecule has 1 aliphatic rings. The first-order valence-corrected chi connectivity index (χ1v) is 8.17. The molecule has 0 saturated carbocycles. The average Bonchev–Trinajstić information content (AvgIpc) is 2.81. The molecule has 112 valence electrons. The third kappa shape index (κ3) is 3.79. The fourth-order valence-corrected chi connectivity index (χ4v) is 3.22. The summed E-state index contributed by atoms with van der Waals surface area (Å²) >= 11 is 1.71. The third-order valence-electron chi connectivity index (χ3n) is 3.82. The second kappa shape index (κ2) is 6.22. The number of likely N-dealkylation sites (tertiary alicyclic amines) is 1. The molecule has 2 rings (SSSR count). The van der Waals surface area contributed by atoms with E-state index in [1.54, 1.807) is 11.3 Å². The highest BCUT2D eigenvalue weighted by molar-refractivity contribution is 7.09. The summed E-state index contributed by atoms with van der Waals surface area (Å²) in [6.45, 7) is 10.7. The van der Waals surface area contributed by atoms with E-state index in [0.717, 1.165) is 38.2 Å². The molecule has 2 heterocycles. The van der Waals surface area contributed by atoms with Crippen LogP contribution in [-0.2, 0) is 11.3 Å². The minimum absolute atomic E-state index is 0.264. The SMILES string of the molecule is Cc1ncsc1CNC1CCN(C(=O)C(C)(C)C)CC1. The number of thiazole rings is 1. The topological polar surface area (TPSA) is 45.2 Å². The molecule has 1 amide bonds. The van der Waals surface area contributed by atoms with Crippen LogP contribution in [0.3, 0.4) is 0 Å². The van der Waals surface area contributed by atoms with Crippen LogP contribution in [0.4, 0.5) is 0 Å². The molecule has 1 saturated heterocycles. The van der Waals surface area contributed by atoms with Gasteiger partial charge in [0, 0.05) is 36.0 Å². The van der Waals surface area contributed by atoms with Crippen LogP contribution in [0.25, 0.3) is 0 Å². The maximum atomic E-state index is 12.2. The van der Waals surface area contributed by atoms with Crippen molar-refractivity contribution in [3.8, 4) is 0 Å². The van der Waals surface area contributed by atoms with E-state index in [4.69, 9.17) is 0 Å². The molecular formula is C15H25N3OS. The minimum atomic E-state index is -0.264. The van der Waals surface area contributed by atoms with Crippen LogP contribution in [0.2, 0.25) is 0 Å². The number of hydrogen-bond donors (Lipinski definition) is 1. The summed E-state index contributed by atoms with van der Waals surface area (Å²) < 4.78 is 0. The predicted molar refractivity (Wildman–Crippen MR) is 82.7 cm³/mol. The molecule has 0 aromatic carbocycles. The molecule has 5 heteroatoms. The normalized spacial score (nSPS) is 17.5. The molecule has 0 spiro atoms. The van der Waals surface area contributed by atoms with Gasteiger partial charge >= 0.3 is 0 Å². The monoisotopic (exact) mass is 295 g/mol. The predicted octanol–water partition coefficient (Wildman–Crippen LogP) is 2.58. The first kappa shape index (κ1) is 15.4. The standard InChI is InChI=1S/C15H25N3OS/c1-11-13(20-10-17-11)9-16-12-5-7-18(8-6-12)14(19)15(2,3)4/h10,12,16H,5-9H2,1-4H3. The molecule has 1 aromatic heterocycles. The van der Waals surface area contributed by atoms with Gasteiger partial charge in [-0.25, -0.2) is 4.98 Å². The molecule has 1 fully saturated rings. The van der Waals surface area contributed by atoms with Gasteiger partial charge in [0.05, 0.1) is 11.2 Å². The van der Waals surface area contributed by atoms with E-state index in [0.29, 0.717) is 6.04 Å². The highest BCUT2D eigenvalue weighted by Crippen LogP contribution is 2.21. The van der Waals surface area contributed by atoms with Crippen molar-refractivity contribution in [2.75, 3.05) is 13.1 Å². The van der Waals surface area contributed by atoms with Crippen molar-refractivity contribution in [3.05, 3.63) is 16.1 Å². The summed E-state index contributed by atoms with van der Waals surface area (Å²) in [5.74, 6) is 0.272. The smallest absolute Gasteiger partial charge is 0.227 e. The quantitative estimate of drug-likeness (QED) is 0.932. The van der Waals surface area contributed by atoms with Crippen LogP contribution < -0.4 is 5.32 Å². The zero-order valence-corrected chi connectivity index (χ0v) is 13.7. The first-order valence-electron chi connectivity index (χ1n) is 7.29. The average molecular weight is 295 g/mol. The Morgan fingerprint density at radius 3 is 2.60 bits per heavy atom. The molecular weight excluding hydrogens is 270 g/mol. The highest BCUT2D eigenvalue weighted by atomic mass is 32.1. The van der Waals surface area contributed by atoms with E-state index in [2.05, 4.69) is 17.2 Å². The second-order valence-electron chi connectivity index (χ2n) is 6.56. The van der Waals surface area contributed by atoms with Crippen LogP contribution in [0, 0.1) is 12.3 Å². The van der Waals surface area contributed by atoms with E-state index >= 15 is 0 Å². The third-order valence-corrected chi connectivity index (χ3v) is 4.76. The van der Waals surface area contributed by atoms with Crippen LogP contribution in [0.5, 0.6) is 0 Å². The van der Waals surface area contributed by atoms with Crippen molar-refractivity contribution < 1.29 is 4.79 Å². The number of carbonyl (C=O) groups excluding carboxylic acids is 1. The molecule has 1 N–H and O–H groups in total. The van der Waals surface area contributed by atoms with Crippen molar-refractivity contribution >= 4 is 17.2 Å². The number of aromatic nitrogens is 1. The fraction of sp³-hybridized carbons (Fsp3) is 0.733. The number of nitrogens with zero attached hydrogens (tertiary/aromatic N) is 2. The summed E-state index contributed by atoms with van der Waals surface area (Å²) in [5, 5.41) is 3.60. The van der Waals surface area contributed by atoms with Gasteiger partial charge in [-0.2, -0.15) is 0 Å². The van der Waals surface area contributed by atoms with Crippen LogP contribution in [-0.4, -0.2) is 34.9 Å². The van der Waals surface area contributed by atoms with E-state index < -0.39 is 0 Å². The van der Waals surface area contributed by atoms with Gasteiger partial charge in [-0.05, 0) is 19.8 Å². The number of rotatable bonds is 3. The Bertz CT molecular complexity index is 456. The van der Waals surface area contributed by atoms with E-state index in [1.165, 1.54) is 4.88 Å². The molecule has 0 radical (unpaired) electrons. The van der Waals surface area contributed by atoms with Gasteiger partial charge in [-0.15, -0.1) is 11.3 Å². The Morgan fingerprint density at radius 2 is 2.10 bits per heavy atom.